The van der Waals surface area contributed by atoms with E-state index < -0.39 is 0 Å². The minimum atomic E-state index is -0.357. The van der Waals surface area contributed by atoms with Crippen LogP contribution in [-0.4, -0.2) is 5.91 Å². The summed E-state index contributed by atoms with van der Waals surface area (Å²) >= 11 is 1.52. The van der Waals surface area contributed by atoms with E-state index in [9.17, 15) is 14.0 Å². The Balaban J connectivity index is 1.62. The molecule has 4 nitrogen and oxygen atoms in total. The molecule has 4 aromatic rings. The first-order valence-electron chi connectivity index (χ1n) is 8.24. The minimum absolute atomic E-state index is 0.149. The van der Waals surface area contributed by atoms with Crippen molar-refractivity contribution in [2.24, 2.45) is 0 Å². The highest BCUT2D eigenvalue weighted by atomic mass is 32.1. The van der Waals surface area contributed by atoms with Gasteiger partial charge in [0.05, 0.1) is 11.8 Å². The molecule has 0 radical (unpaired) electrons. The topological polar surface area (TPSA) is 59.3 Å². The summed E-state index contributed by atoms with van der Waals surface area (Å²) in [5, 5.41) is 5.09. The van der Waals surface area contributed by atoms with Crippen LogP contribution in [0.2, 0.25) is 0 Å². The lowest BCUT2D eigenvalue weighted by Crippen LogP contribution is -2.14. The number of nitrogens with one attached hydrogen (secondary N) is 1. The van der Waals surface area contributed by atoms with Gasteiger partial charge in [-0.25, -0.2) is 4.39 Å². The molecule has 1 amide bonds. The van der Waals surface area contributed by atoms with Gasteiger partial charge in [-0.05, 0) is 53.9 Å². The van der Waals surface area contributed by atoms with E-state index in [0.717, 1.165) is 4.88 Å². The summed E-state index contributed by atoms with van der Waals surface area (Å²) in [6.45, 7) is 0. The lowest BCUT2D eigenvalue weighted by atomic mass is 10.1. The molecule has 1 N–H and O–H groups in total. The summed E-state index contributed by atoms with van der Waals surface area (Å²) in [7, 11) is 0. The lowest BCUT2D eigenvalue weighted by molar-refractivity contribution is -0.115. The number of carbonyl (C=O) groups excluding carboxylic acids is 1. The Bertz CT molecular complexity index is 1160. The van der Waals surface area contributed by atoms with Gasteiger partial charge in [0.25, 0.3) is 0 Å². The number of amides is 1. The molecule has 0 aliphatic rings. The summed E-state index contributed by atoms with van der Waals surface area (Å²) in [6.07, 6.45) is 0.286. The summed E-state index contributed by atoms with van der Waals surface area (Å²) in [5.74, 6) is -0.143. The summed E-state index contributed by atoms with van der Waals surface area (Å²) < 4.78 is 18.9. The number of hydrogen-bond acceptors (Lipinski definition) is 4. The largest absolute Gasteiger partial charge is 0.456 e. The third-order valence-corrected chi connectivity index (χ3v) is 4.93. The maximum absolute atomic E-state index is 13.1. The first kappa shape index (κ1) is 17.2. The first-order chi connectivity index (χ1) is 13.1. The molecular formula is C21H14FNO3S. The first-order valence-corrected chi connectivity index (χ1v) is 9.12. The second-order valence-electron chi connectivity index (χ2n) is 6.00. The van der Waals surface area contributed by atoms with E-state index in [1.165, 1.54) is 29.5 Å². The van der Waals surface area contributed by atoms with Gasteiger partial charge < -0.3 is 9.73 Å². The van der Waals surface area contributed by atoms with E-state index in [2.05, 4.69) is 5.32 Å². The highest BCUT2D eigenvalue weighted by Gasteiger charge is 2.10. The second-order valence-corrected chi connectivity index (χ2v) is 7.03. The smallest absolute Gasteiger partial charge is 0.229 e. The van der Waals surface area contributed by atoms with Gasteiger partial charge in [0, 0.05) is 22.2 Å². The van der Waals surface area contributed by atoms with Crippen molar-refractivity contribution in [3.05, 3.63) is 87.0 Å². The highest BCUT2D eigenvalue weighted by Crippen LogP contribution is 2.24. The van der Waals surface area contributed by atoms with Gasteiger partial charge >= 0.3 is 0 Å². The summed E-state index contributed by atoms with van der Waals surface area (Å²) in [4.78, 5) is 25.6. The molecule has 0 atom stereocenters. The Kier molecular flexibility index (Phi) is 4.56. The molecule has 6 heteroatoms. The number of anilines is 1. The molecule has 0 saturated heterocycles. The number of halogens is 1. The number of fused-ring (bicyclic) bond motifs is 1. The maximum Gasteiger partial charge on any atom is 0.229 e. The predicted molar refractivity (Wildman–Crippen MR) is 105 cm³/mol. The van der Waals surface area contributed by atoms with Crippen molar-refractivity contribution < 1.29 is 13.6 Å². The maximum atomic E-state index is 13.1. The van der Waals surface area contributed by atoms with Gasteiger partial charge in [0.1, 0.15) is 17.2 Å². The van der Waals surface area contributed by atoms with Crippen molar-refractivity contribution in [3.8, 4) is 11.3 Å². The monoisotopic (exact) mass is 379 g/mol. The van der Waals surface area contributed by atoms with Crippen molar-refractivity contribution in [3.63, 3.8) is 0 Å². The van der Waals surface area contributed by atoms with E-state index in [4.69, 9.17) is 4.42 Å². The Morgan fingerprint density at radius 1 is 1.07 bits per heavy atom. The fraction of sp³-hybridized carbons (Fsp3) is 0.0476. The number of thiophene rings is 1. The van der Waals surface area contributed by atoms with E-state index in [1.54, 1.807) is 30.3 Å². The van der Waals surface area contributed by atoms with Crippen LogP contribution < -0.4 is 10.7 Å². The molecule has 2 heterocycles. The molecule has 2 aromatic carbocycles. The Hall–Kier alpha value is -3.25. The van der Waals surface area contributed by atoms with Crippen LogP contribution in [0.1, 0.15) is 4.88 Å². The highest BCUT2D eigenvalue weighted by molar-refractivity contribution is 7.10. The SMILES string of the molecule is O=C(Cc1cccs1)Nc1ccc2oc(-c3ccc(F)cc3)cc(=O)c2c1. The fourth-order valence-corrected chi connectivity index (χ4v) is 3.47. The fourth-order valence-electron chi connectivity index (χ4n) is 2.77. The van der Waals surface area contributed by atoms with Gasteiger partial charge in [-0.2, -0.15) is 0 Å². The van der Waals surface area contributed by atoms with Crippen molar-refractivity contribution >= 4 is 33.9 Å². The van der Waals surface area contributed by atoms with Crippen molar-refractivity contribution in [2.75, 3.05) is 5.32 Å². The molecule has 134 valence electrons. The van der Waals surface area contributed by atoms with Crippen molar-refractivity contribution in [1.82, 2.24) is 0 Å². The number of rotatable bonds is 4. The molecule has 0 spiro atoms. The molecule has 0 aliphatic carbocycles. The van der Waals surface area contributed by atoms with Gasteiger partial charge in [0.2, 0.25) is 5.91 Å². The minimum Gasteiger partial charge on any atom is -0.456 e. The third kappa shape index (κ3) is 3.80. The molecule has 0 unspecified atom stereocenters. The van der Waals surface area contributed by atoms with E-state index in [-0.39, 0.29) is 23.6 Å². The van der Waals surface area contributed by atoms with Crippen LogP contribution in [0.15, 0.2) is 75.3 Å². The van der Waals surface area contributed by atoms with Gasteiger partial charge in [0.15, 0.2) is 5.43 Å². The zero-order valence-corrected chi connectivity index (χ0v) is 14.9. The van der Waals surface area contributed by atoms with Crippen LogP contribution in [0, 0.1) is 5.82 Å². The molecule has 0 aliphatic heterocycles. The van der Waals surface area contributed by atoms with E-state index in [0.29, 0.717) is 28.0 Å². The van der Waals surface area contributed by atoms with Crippen molar-refractivity contribution in [1.29, 1.82) is 0 Å². The Morgan fingerprint density at radius 3 is 2.63 bits per heavy atom. The van der Waals surface area contributed by atoms with Crippen LogP contribution >= 0.6 is 11.3 Å². The zero-order valence-electron chi connectivity index (χ0n) is 14.1. The Morgan fingerprint density at radius 2 is 1.89 bits per heavy atom. The van der Waals surface area contributed by atoms with E-state index >= 15 is 0 Å². The van der Waals surface area contributed by atoms with Gasteiger partial charge in [-0.15, -0.1) is 11.3 Å². The third-order valence-electron chi connectivity index (χ3n) is 4.05. The molecule has 27 heavy (non-hydrogen) atoms. The van der Waals surface area contributed by atoms with E-state index in [1.807, 2.05) is 17.5 Å². The van der Waals surface area contributed by atoms with Crippen LogP contribution in [0.4, 0.5) is 10.1 Å². The summed E-state index contributed by atoms with van der Waals surface area (Å²) in [5.41, 5.74) is 1.32. The van der Waals surface area contributed by atoms with Crippen LogP contribution in [-0.2, 0) is 11.2 Å². The average Bonchev–Trinajstić information content (AvgIpc) is 3.15. The quantitative estimate of drug-likeness (QED) is 0.552. The average molecular weight is 379 g/mol. The molecule has 0 fully saturated rings. The van der Waals surface area contributed by atoms with Gasteiger partial charge in [-0.1, -0.05) is 6.07 Å². The molecule has 4 rings (SSSR count). The van der Waals surface area contributed by atoms with Crippen molar-refractivity contribution in [2.45, 2.75) is 6.42 Å². The van der Waals surface area contributed by atoms with Crippen LogP contribution in [0.3, 0.4) is 0 Å². The molecule has 0 bridgehead atoms. The molecule has 2 aromatic heterocycles. The molecular weight excluding hydrogens is 365 g/mol. The lowest BCUT2D eigenvalue weighted by Gasteiger charge is -2.07. The number of benzene rings is 2. The number of hydrogen-bond donors (Lipinski definition) is 1. The molecule has 0 saturated carbocycles. The normalized spacial score (nSPS) is 10.9. The zero-order chi connectivity index (χ0) is 18.8. The Labute approximate surface area is 157 Å². The number of carbonyl (C=O) groups is 1. The predicted octanol–water partition coefficient (Wildman–Crippen LogP) is 4.84. The standard InChI is InChI=1S/C21H14FNO3S/c22-14-5-3-13(4-6-14)20-12-18(24)17-10-15(7-8-19(17)26-20)23-21(25)11-16-2-1-9-27-16/h1-10,12H,11H2,(H,23,25). The van der Waals surface area contributed by atoms with Crippen LogP contribution in [0.25, 0.3) is 22.3 Å². The second kappa shape index (κ2) is 7.17. The van der Waals surface area contributed by atoms with Crippen LogP contribution in [0.5, 0.6) is 0 Å². The van der Waals surface area contributed by atoms with Gasteiger partial charge in [-0.3, -0.25) is 9.59 Å². The summed E-state index contributed by atoms with van der Waals surface area (Å²) in [6, 6.07) is 15.8.